The summed E-state index contributed by atoms with van der Waals surface area (Å²) < 4.78 is 0. The van der Waals surface area contributed by atoms with Gasteiger partial charge in [0.05, 0.1) is 0 Å². The highest BCUT2D eigenvalue weighted by Gasteiger charge is 2.32. The summed E-state index contributed by atoms with van der Waals surface area (Å²) in [5, 5.41) is 3.57. The number of hydrogen-bond acceptors (Lipinski definition) is 3. The van der Waals surface area contributed by atoms with Crippen LogP contribution in [0.25, 0.3) is 0 Å². The standard InChI is InChI=1S/C14H25N3/c1-3-7-14(8-4-5-9-14)12-16-13-15-10-6-11-17(13)2/h3H,1,4-12H2,2H3,(H,15,16). The van der Waals surface area contributed by atoms with Crippen molar-refractivity contribution in [2.45, 2.75) is 38.5 Å². The predicted octanol–water partition coefficient (Wildman–Crippen LogP) is 2.40. The van der Waals surface area contributed by atoms with Crippen molar-refractivity contribution >= 4 is 5.96 Å². The molecule has 96 valence electrons. The molecule has 0 aromatic heterocycles. The fraction of sp³-hybridized carbons (Fsp3) is 0.786. The van der Waals surface area contributed by atoms with E-state index in [1.165, 1.54) is 32.1 Å². The number of aliphatic imine (C=N–C) groups is 1. The van der Waals surface area contributed by atoms with E-state index in [2.05, 4.69) is 34.9 Å². The van der Waals surface area contributed by atoms with Crippen LogP contribution in [-0.2, 0) is 0 Å². The normalized spacial score (nSPS) is 23.4. The molecule has 0 spiro atoms. The largest absolute Gasteiger partial charge is 0.356 e. The van der Waals surface area contributed by atoms with E-state index < -0.39 is 0 Å². The Balaban J connectivity index is 1.90. The topological polar surface area (TPSA) is 27.6 Å². The molecule has 3 nitrogen and oxygen atoms in total. The molecule has 1 saturated carbocycles. The Morgan fingerprint density at radius 3 is 2.82 bits per heavy atom. The monoisotopic (exact) mass is 235 g/mol. The molecule has 1 N–H and O–H groups in total. The summed E-state index contributed by atoms with van der Waals surface area (Å²) in [7, 11) is 2.12. The molecule has 1 aliphatic heterocycles. The van der Waals surface area contributed by atoms with Gasteiger partial charge >= 0.3 is 0 Å². The van der Waals surface area contributed by atoms with Gasteiger partial charge in [-0.2, -0.15) is 0 Å². The zero-order valence-corrected chi connectivity index (χ0v) is 11.0. The van der Waals surface area contributed by atoms with Crippen LogP contribution in [0, 0.1) is 5.41 Å². The zero-order chi connectivity index (χ0) is 12.1. The van der Waals surface area contributed by atoms with Gasteiger partial charge in [-0.15, -0.1) is 6.58 Å². The first-order valence-electron chi connectivity index (χ1n) is 6.86. The van der Waals surface area contributed by atoms with Crippen molar-refractivity contribution in [1.82, 2.24) is 10.2 Å². The van der Waals surface area contributed by atoms with Gasteiger partial charge in [-0.3, -0.25) is 4.99 Å². The first kappa shape index (κ1) is 12.5. The van der Waals surface area contributed by atoms with E-state index in [4.69, 9.17) is 0 Å². The number of guanidine groups is 1. The average molecular weight is 235 g/mol. The number of nitrogens with one attached hydrogen (secondary N) is 1. The van der Waals surface area contributed by atoms with Crippen molar-refractivity contribution in [2.75, 3.05) is 26.7 Å². The van der Waals surface area contributed by atoms with Crippen molar-refractivity contribution in [3.63, 3.8) is 0 Å². The minimum Gasteiger partial charge on any atom is -0.356 e. The maximum atomic E-state index is 4.57. The summed E-state index contributed by atoms with van der Waals surface area (Å²) >= 11 is 0. The van der Waals surface area contributed by atoms with Crippen LogP contribution in [0.5, 0.6) is 0 Å². The molecular formula is C14H25N3. The Morgan fingerprint density at radius 1 is 1.41 bits per heavy atom. The summed E-state index contributed by atoms with van der Waals surface area (Å²) in [4.78, 5) is 6.80. The second-order valence-electron chi connectivity index (χ2n) is 5.53. The highest BCUT2D eigenvalue weighted by molar-refractivity contribution is 5.80. The van der Waals surface area contributed by atoms with E-state index in [1.807, 2.05) is 0 Å². The van der Waals surface area contributed by atoms with Gasteiger partial charge in [0.2, 0.25) is 0 Å². The summed E-state index contributed by atoms with van der Waals surface area (Å²) in [6.07, 6.45) is 9.82. The molecule has 1 fully saturated rings. The molecule has 1 aliphatic carbocycles. The lowest BCUT2D eigenvalue weighted by Crippen LogP contribution is -2.46. The van der Waals surface area contributed by atoms with Crippen LogP contribution in [0.15, 0.2) is 17.6 Å². The van der Waals surface area contributed by atoms with E-state index in [0.717, 1.165) is 32.0 Å². The molecule has 0 saturated heterocycles. The third-order valence-electron chi connectivity index (χ3n) is 4.14. The smallest absolute Gasteiger partial charge is 0.193 e. The second-order valence-corrected chi connectivity index (χ2v) is 5.53. The number of hydrogen-bond donors (Lipinski definition) is 1. The minimum absolute atomic E-state index is 0.447. The summed E-state index contributed by atoms with van der Waals surface area (Å²) in [5.74, 6) is 1.09. The molecule has 3 heteroatoms. The SMILES string of the molecule is C=CCC1(CNC2=NCCCN2C)CCCC1. The van der Waals surface area contributed by atoms with E-state index in [0.29, 0.717) is 5.41 Å². The van der Waals surface area contributed by atoms with Crippen LogP contribution < -0.4 is 5.32 Å². The molecule has 1 heterocycles. The van der Waals surface area contributed by atoms with Crippen LogP contribution in [0.2, 0.25) is 0 Å². The first-order valence-corrected chi connectivity index (χ1v) is 6.86. The molecule has 17 heavy (non-hydrogen) atoms. The maximum Gasteiger partial charge on any atom is 0.193 e. The predicted molar refractivity (Wildman–Crippen MR) is 73.3 cm³/mol. The highest BCUT2D eigenvalue weighted by atomic mass is 15.3. The van der Waals surface area contributed by atoms with Crippen LogP contribution in [-0.4, -0.2) is 37.5 Å². The zero-order valence-electron chi connectivity index (χ0n) is 11.0. The molecule has 0 unspecified atom stereocenters. The van der Waals surface area contributed by atoms with E-state index >= 15 is 0 Å². The van der Waals surface area contributed by atoms with E-state index in [9.17, 15) is 0 Å². The lowest BCUT2D eigenvalue weighted by atomic mass is 9.82. The molecule has 0 atom stereocenters. The van der Waals surface area contributed by atoms with Crippen LogP contribution >= 0.6 is 0 Å². The van der Waals surface area contributed by atoms with Gasteiger partial charge in [0.1, 0.15) is 0 Å². The number of allylic oxidation sites excluding steroid dienone is 1. The molecular weight excluding hydrogens is 210 g/mol. The molecule has 0 radical (unpaired) electrons. The van der Waals surface area contributed by atoms with E-state index in [-0.39, 0.29) is 0 Å². The van der Waals surface area contributed by atoms with Crippen molar-refractivity contribution in [2.24, 2.45) is 10.4 Å². The lowest BCUT2D eigenvalue weighted by Gasteiger charge is -2.32. The highest BCUT2D eigenvalue weighted by Crippen LogP contribution is 2.40. The van der Waals surface area contributed by atoms with Crippen LogP contribution in [0.3, 0.4) is 0 Å². The molecule has 2 rings (SSSR count). The molecule has 0 aromatic carbocycles. The molecule has 2 aliphatic rings. The Bertz CT molecular complexity index is 290. The minimum atomic E-state index is 0.447. The third-order valence-corrected chi connectivity index (χ3v) is 4.14. The Labute approximate surface area is 105 Å². The van der Waals surface area contributed by atoms with Crippen LogP contribution in [0.1, 0.15) is 38.5 Å². The second kappa shape index (κ2) is 5.56. The van der Waals surface area contributed by atoms with Gasteiger partial charge in [0.15, 0.2) is 5.96 Å². The Morgan fingerprint density at radius 2 is 2.18 bits per heavy atom. The van der Waals surface area contributed by atoms with Gasteiger partial charge in [-0.05, 0) is 31.1 Å². The quantitative estimate of drug-likeness (QED) is 0.758. The number of rotatable bonds is 4. The average Bonchev–Trinajstić information content (AvgIpc) is 2.78. The summed E-state index contributed by atoms with van der Waals surface area (Å²) in [5.41, 5.74) is 0.447. The van der Waals surface area contributed by atoms with Gasteiger partial charge in [0.25, 0.3) is 0 Å². The van der Waals surface area contributed by atoms with E-state index in [1.54, 1.807) is 0 Å². The fourth-order valence-corrected chi connectivity index (χ4v) is 3.06. The van der Waals surface area contributed by atoms with Gasteiger partial charge < -0.3 is 10.2 Å². The van der Waals surface area contributed by atoms with Gasteiger partial charge in [0, 0.05) is 26.7 Å². The summed E-state index contributed by atoms with van der Waals surface area (Å²) in [6, 6.07) is 0. The van der Waals surface area contributed by atoms with Gasteiger partial charge in [-0.1, -0.05) is 18.9 Å². The van der Waals surface area contributed by atoms with Crippen molar-refractivity contribution in [3.8, 4) is 0 Å². The summed E-state index contributed by atoms with van der Waals surface area (Å²) in [6.45, 7) is 7.07. The Kier molecular flexibility index (Phi) is 4.08. The van der Waals surface area contributed by atoms with Crippen LogP contribution in [0.4, 0.5) is 0 Å². The molecule has 0 amide bonds. The third kappa shape index (κ3) is 3.02. The first-order chi connectivity index (χ1) is 8.26. The molecule has 0 bridgehead atoms. The fourth-order valence-electron chi connectivity index (χ4n) is 3.06. The van der Waals surface area contributed by atoms with Crippen molar-refractivity contribution in [3.05, 3.63) is 12.7 Å². The number of nitrogens with zero attached hydrogens (tertiary/aromatic N) is 2. The molecule has 0 aromatic rings. The maximum absolute atomic E-state index is 4.57. The van der Waals surface area contributed by atoms with Crippen molar-refractivity contribution < 1.29 is 0 Å². The Hall–Kier alpha value is -0.990. The van der Waals surface area contributed by atoms with Crippen molar-refractivity contribution in [1.29, 1.82) is 0 Å². The van der Waals surface area contributed by atoms with Gasteiger partial charge in [-0.25, -0.2) is 0 Å². The lowest BCUT2D eigenvalue weighted by molar-refractivity contribution is 0.293.